The number of thioether (sulfide) groups is 2. The van der Waals surface area contributed by atoms with Gasteiger partial charge in [-0.25, -0.2) is 14.5 Å². The SMILES string of the molecule is CCCCOC[C@H]1O[C@]2(c3cnc4c(SC)nc(SC)nn34)O[C@@]2(OCCCC)[C@@H]1OCCCC. The van der Waals surface area contributed by atoms with E-state index in [4.69, 9.17) is 28.8 Å². The molecule has 0 amide bonds. The minimum Gasteiger partial charge on any atom is -0.379 e. The summed E-state index contributed by atoms with van der Waals surface area (Å²) in [6.07, 6.45) is 11.0. The zero-order chi connectivity index (χ0) is 24.9. The van der Waals surface area contributed by atoms with Crippen LogP contribution in [-0.4, -0.2) is 76.5 Å². The number of aromatic nitrogens is 4. The summed E-state index contributed by atoms with van der Waals surface area (Å²) in [4.78, 5) is 9.24. The first kappa shape index (κ1) is 27.1. The Balaban J connectivity index is 1.71. The van der Waals surface area contributed by atoms with Crippen molar-refractivity contribution in [2.45, 2.75) is 93.3 Å². The minimum absolute atomic E-state index is 0.327. The predicted molar refractivity (Wildman–Crippen MR) is 136 cm³/mol. The first-order valence-corrected chi connectivity index (χ1v) is 15.1. The topological polar surface area (TPSA) is 92.5 Å². The van der Waals surface area contributed by atoms with Gasteiger partial charge < -0.3 is 18.9 Å². The number of hydrogen-bond acceptors (Lipinski definition) is 10. The highest BCUT2D eigenvalue weighted by molar-refractivity contribution is 7.99. The molecule has 0 aromatic carbocycles. The van der Waals surface area contributed by atoms with E-state index >= 15 is 0 Å². The molecule has 2 aliphatic rings. The van der Waals surface area contributed by atoms with Gasteiger partial charge in [0.05, 0.1) is 19.4 Å². The third-order valence-corrected chi connectivity index (χ3v) is 7.50. The summed E-state index contributed by atoms with van der Waals surface area (Å²) in [5.74, 6) is -2.22. The van der Waals surface area contributed by atoms with Crippen molar-refractivity contribution >= 4 is 29.2 Å². The van der Waals surface area contributed by atoms with Crippen LogP contribution in [0.1, 0.15) is 65.0 Å². The molecule has 0 saturated carbocycles. The summed E-state index contributed by atoms with van der Waals surface area (Å²) >= 11 is 3.02. The lowest BCUT2D eigenvalue weighted by Gasteiger charge is -2.25. The molecule has 35 heavy (non-hydrogen) atoms. The molecule has 0 radical (unpaired) electrons. The van der Waals surface area contributed by atoms with E-state index in [0.717, 1.165) is 43.6 Å². The van der Waals surface area contributed by atoms with E-state index < -0.39 is 17.7 Å². The molecular formula is C24H38N4O5S2. The smallest absolute Gasteiger partial charge is 0.276 e. The lowest BCUT2D eigenvalue weighted by atomic mass is 10.1. The Morgan fingerprint density at radius 2 is 1.77 bits per heavy atom. The van der Waals surface area contributed by atoms with E-state index in [0.29, 0.717) is 42.9 Å². The lowest BCUT2D eigenvalue weighted by molar-refractivity contribution is -0.193. The molecule has 2 aromatic heterocycles. The van der Waals surface area contributed by atoms with Crippen LogP contribution in [0, 0.1) is 0 Å². The first-order valence-electron chi connectivity index (χ1n) is 12.7. The maximum Gasteiger partial charge on any atom is 0.276 e. The van der Waals surface area contributed by atoms with Gasteiger partial charge in [-0.05, 0) is 31.8 Å². The monoisotopic (exact) mass is 526 g/mol. The van der Waals surface area contributed by atoms with Gasteiger partial charge in [-0.1, -0.05) is 51.8 Å². The number of unbranched alkanes of at least 4 members (excludes halogenated alkanes) is 3. The van der Waals surface area contributed by atoms with Gasteiger partial charge in [-0.2, -0.15) is 0 Å². The molecule has 11 heteroatoms. The van der Waals surface area contributed by atoms with Crippen molar-refractivity contribution in [1.29, 1.82) is 0 Å². The highest BCUT2D eigenvalue weighted by Gasteiger charge is 2.86. The van der Waals surface area contributed by atoms with E-state index in [1.54, 1.807) is 10.7 Å². The van der Waals surface area contributed by atoms with Crippen LogP contribution in [0.4, 0.5) is 0 Å². The van der Waals surface area contributed by atoms with Gasteiger partial charge in [0.2, 0.25) is 5.16 Å². The van der Waals surface area contributed by atoms with E-state index in [1.165, 1.54) is 23.5 Å². The van der Waals surface area contributed by atoms with Crippen molar-refractivity contribution in [2.75, 3.05) is 38.9 Å². The van der Waals surface area contributed by atoms with Crippen LogP contribution in [0.25, 0.3) is 5.65 Å². The summed E-state index contributed by atoms with van der Waals surface area (Å²) in [6, 6.07) is 0. The number of epoxide rings is 1. The molecule has 2 aromatic rings. The van der Waals surface area contributed by atoms with Crippen molar-refractivity contribution in [3.63, 3.8) is 0 Å². The summed E-state index contributed by atoms with van der Waals surface area (Å²) in [7, 11) is 0. The maximum absolute atomic E-state index is 6.65. The number of ether oxygens (including phenoxy) is 5. The summed E-state index contributed by atoms with van der Waals surface area (Å²) in [5.41, 5.74) is 1.37. The Hall–Kier alpha value is -0.950. The molecule has 2 aliphatic heterocycles. The Morgan fingerprint density at radius 3 is 2.49 bits per heavy atom. The van der Waals surface area contributed by atoms with Crippen LogP contribution in [0.15, 0.2) is 16.4 Å². The standard InChI is InChI=1S/C24H38N4O5S2/c1-6-9-12-29-16-17-19(30-13-10-7-2)24(31-14-11-8-3)23(32-17,33-24)18-15-25-20-21(34-4)26-22(35-5)27-28(18)20/h15,17,19H,6-14,16H2,1-5H3/t17-,19-,23-,24+/m1/s1. The molecule has 2 fully saturated rings. The number of imidazole rings is 1. The third kappa shape index (κ3) is 5.10. The van der Waals surface area contributed by atoms with Crippen LogP contribution < -0.4 is 0 Å². The average Bonchev–Trinajstić information content (AvgIpc) is 3.18. The molecular weight excluding hydrogens is 488 g/mol. The van der Waals surface area contributed by atoms with Crippen LogP contribution in [-0.2, 0) is 29.5 Å². The van der Waals surface area contributed by atoms with E-state index in [2.05, 4.69) is 30.7 Å². The van der Waals surface area contributed by atoms with Crippen molar-refractivity contribution in [2.24, 2.45) is 0 Å². The molecule has 0 unspecified atom stereocenters. The first-order chi connectivity index (χ1) is 17.1. The van der Waals surface area contributed by atoms with Gasteiger partial charge in [0.25, 0.3) is 11.6 Å². The molecule has 2 saturated heterocycles. The second-order valence-corrected chi connectivity index (χ2v) is 10.4. The van der Waals surface area contributed by atoms with Gasteiger partial charge in [0.15, 0.2) is 5.65 Å². The van der Waals surface area contributed by atoms with Crippen molar-refractivity contribution < 1.29 is 23.7 Å². The Labute approximate surface area is 216 Å². The van der Waals surface area contributed by atoms with Gasteiger partial charge >= 0.3 is 0 Å². The summed E-state index contributed by atoms with van der Waals surface area (Å²) in [5, 5.41) is 6.18. The number of rotatable bonds is 16. The Bertz CT molecular complexity index is 979. The number of nitrogens with zero attached hydrogens (tertiary/aromatic N) is 4. The fraction of sp³-hybridized carbons (Fsp3) is 0.792. The van der Waals surface area contributed by atoms with Crippen LogP contribution in [0.5, 0.6) is 0 Å². The fourth-order valence-corrected chi connectivity index (χ4v) is 5.25. The number of fused-ring (bicyclic) bond motifs is 2. The minimum atomic E-state index is -1.16. The highest BCUT2D eigenvalue weighted by Crippen LogP contribution is 2.66. The molecule has 4 heterocycles. The van der Waals surface area contributed by atoms with Gasteiger partial charge in [-0.15, -0.1) is 16.9 Å². The van der Waals surface area contributed by atoms with Gasteiger partial charge in [0.1, 0.15) is 22.9 Å². The lowest BCUT2D eigenvalue weighted by Crippen LogP contribution is -2.43. The summed E-state index contributed by atoms with van der Waals surface area (Å²) < 4.78 is 33.7. The second-order valence-electron chi connectivity index (χ2n) is 8.80. The fourth-order valence-electron chi connectivity index (χ4n) is 4.35. The molecule has 0 aliphatic carbocycles. The molecule has 0 N–H and O–H groups in total. The van der Waals surface area contributed by atoms with E-state index in [-0.39, 0.29) is 6.10 Å². The quantitative estimate of drug-likeness (QED) is 0.175. The van der Waals surface area contributed by atoms with Gasteiger partial charge in [0, 0.05) is 13.2 Å². The largest absolute Gasteiger partial charge is 0.379 e. The van der Waals surface area contributed by atoms with Crippen LogP contribution >= 0.6 is 23.5 Å². The van der Waals surface area contributed by atoms with E-state index in [1.807, 2.05) is 12.5 Å². The maximum atomic E-state index is 6.65. The van der Waals surface area contributed by atoms with E-state index in [9.17, 15) is 0 Å². The number of hydrogen-bond donors (Lipinski definition) is 0. The molecule has 4 atom stereocenters. The van der Waals surface area contributed by atoms with Crippen molar-refractivity contribution in [3.05, 3.63) is 11.9 Å². The normalized spacial score (nSPS) is 27.6. The summed E-state index contributed by atoms with van der Waals surface area (Å²) in [6.45, 7) is 8.70. The van der Waals surface area contributed by atoms with Gasteiger partial charge in [-0.3, -0.25) is 4.74 Å². The Kier molecular flexibility index (Phi) is 9.34. The molecule has 4 rings (SSSR count). The average molecular weight is 527 g/mol. The Morgan fingerprint density at radius 1 is 1.03 bits per heavy atom. The predicted octanol–water partition coefficient (Wildman–Crippen LogP) is 4.66. The van der Waals surface area contributed by atoms with Crippen molar-refractivity contribution in [3.8, 4) is 0 Å². The zero-order valence-electron chi connectivity index (χ0n) is 21.4. The van der Waals surface area contributed by atoms with Crippen molar-refractivity contribution in [1.82, 2.24) is 19.6 Å². The highest BCUT2D eigenvalue weighted by atomic mass is 32.2. The van der Waals surface area contributed by atoms with Crippen LogP contribution in [0.3, 0.4) is 0 Å². The molecule has 0 spiro atoms. The second kappa shape index (κ2) is 12.1. The molecule has 196 valence electrons. The zero-order valence-corrected chi connectivity index (χ0v) is 23.1. The van der Waals surface area contributed by atoms with Crippen LogP contribution in [0.2, 0.25) is 0 Å². The molecule has 9 nitrogen and oxygen atoms in total. The molecule has 0 bridgehead atoms. The third-order valence-electron chi connectivity index (χ3n) is 6.30.